The summed E-state index contributed by atoms with van der Waals surface area (Å²) in [5.41, 5.74) is -0.332. The molecule has 15 heavy (non-hydrogen) atoms. The van der Waals surface area contributed by atoms with Crippen LogP contribution in [-0.2, 0) is 4.74 Å². The van der Waals surface area contributed by atoms with Crippen molar-refractivity contribution in [2.75, 3.05) is 20.3 Å². The minimum atomic E-state index is -3.05. The highest BCUT2D eigenvalue weighted by Gasteiger charge is 2.29. The van der Waals surface area contributed by atoms with E-state index in [1.54, 1.807) is 7.11 Å². The van der Waals surface area contributed by atoms with Crippen LogP contribution in [-0.4, -0.2) is 42.9 Å². The van der Waals surface area contributed by atoms with E-state index in [1.807, 2.05) is 20.8 Å². The van der Waals surface area contributed by atoms with Crippen molar-refractivity contribution >= 4 is 0 Å². The molecule has 3 nitrogen and oxygen atoms in total. The fraction of sp³-hybridized carbons (Fsp3) is 1.00. The van der Waals surface area contributed by atoms with Crippen molar-refractivity contribution in [1.82, 2.24) is 5.32 Å². The third-order valence-corrected chi connectivity index (χ3v) is 2.29. The second-order valence-electron chi connectivity index (χ2n) is 4.46. The van der Waals surface area contributed by atoms with Crippen molar-refractivity contribution in [1.29, 1.82) is 0 Å². The van der Waals surface area contributed by atoms with E-state index in [0.29, 0.717) is 6.42 Å². The fourth-order valence-electron chi connectivity index (χ4n) is 1.27. The number of halogens is 2. The Morgan fingerprint density at radius 1 is 1.40 bits per heavy atom. The molecule has 0 saturated carbocycles. The van der Waals surface area contributed by atoms with Gasteiger partial charge in [0.05, 0.1) is 12.1 Å². The average molecular weight is 225 g/mol. The number of rotatable bonds is 7. The molecule has 0 spiro atoms. The van der Waals surface area contributed by atoms with E-state index in [9.17, 15) is 8.78 Å². The van der Waals surface area contributed by atoms with Crippen molar-refractivity contribution in [2.24, 2.45) is 0 Å². The van der Waals surface area contributed by atoms with Crippen LogP contribution in [0.3, 0.4) is 0 Å². The normalized spacial score (nSPS) is 15.4. The van der Waals surface area contributed by atoms with Gasteiger partial charge in [-0.05, 0) is 27.2 Å². The molecule has 0 amide bonds. The molecule has 0 aromatic rings. The molecule has 0 aliphatic carbocycles. The van der Waals surface area contributed by atoms with Crippen LogP contribution in [0.1, 0.15) is 27.2 Å². The number of hydrogen-bond donors (Lipinski definition) is 2. The first kappa shape index (κ1) is 14.7. The first-order valence-electron chi connectivity index (χ1n) is 5.00. The Hall–Kier alpha value is -0.260. The molecule has 0 aliphatic rings. The summed E-state index contributed by atoms with van der Waals surface area (Å²) in [5.74, 6) is -3.05. The molecule has 0 fully saturated rings. The van der Waals surface area contributed by atoms with Crippen molar-refractivity contribution < 1.29 is 18.6 Å². The minimum Gasteiger partial charge on any atom is -0.390 e. The van der Waals surface area contributed by atoms with Crippen LogP contribution >= 0.6 is 0 Å². The number of methoxy groups -OCH3 is 1. The van der Waals surface area contributed by atoms with Crippen LogP contribution in [0.5, 0.6) is 0 Å². The first-order valence-corrected chi connectivity index (χ1v) is 5.00. The predicted octanol–water partition coefficient (Wildman–Crippen LogP) is 1.41. The van der Waals surface area contributed by atoms with Gasteiger partial charge in [0, 0.05) is 13.2 Å². The quantitative estimate of drug-likeness (QED) is 0.688. The maximum absolute atomic E-state index is 12.7. The largest absolute Gasteiger partial charge is 0.390 e. The molecular formula is C10H21F2NO2. The highest BCUT2D eigenvalue weighted by Crippen LogP contribution is 2.16. The molecule has 0 aromatic carbocycles. The highest BCUT2D eigenvalue weighted by atomic mass is 19.3. The van der Waals surface area contributed by atoms with Crippen LogP contribution in [0.2, 0.25) is 0 Å². The maximum atomic E-state index is 12.7. The average Bonchev–Trinajstić information content (AvgIpc) is 2.15. The Kier molecular flexibility index (Phi) is 5.62. The molecule has 0 rings (SSSR count). The van der Waals surface area contributed by atoms with E-state index >= 15 is 0 Å². The van der Waals surface area contributed by atoms with Gasteiger partial charge >= 0.3 is 0 Å². The second kappa shape index (κ2) is 5.72. The van der Waals surface area contributed by atoms with Gasteiger partial charge in [0.1, 0.15) is 6.61 Å². The molecule has 0 aromatic heterocycles. The maximum Gasteiger partial charge on any atom is 0.282 e. The number of nitrogens with one attached hydrogen (secondary N) is 1. The lowest BCUT2D eigenvalue weighted by atomic mass is 10.00. The van der Waals surface area contributed by atoms with Gasteiger partial charge in [-0.25, -0.2) is 8.78 Å². The topological polar surface area (TPSA) is 41.5 Å². The number of alkyl halides is 2. The molecule has 0 radical (unpaired) electrons. The summed E-state index contributed by atoms with van der Waals surface area (Å²) in [6, 6.07) is -0.0858. The second-order valence-corrected chi connectivity index (χ2v) is 4.46. The molecule has 1 unspecified atom stereocenters. The zero-order valence-electron chi connectivity index (χ0n) is 9.81. The number of aliphatic hydroxyl groups excluding tert-OH is 1. The number of ether oxygens (including phenoxy) is 1. The standard InChI is InChI=1S/C10H21F2NO2/c1-8(5-9(2,3)15-4)13-6-10(11,12)7-14/h8,13-14H,5-7H2,1-4H3. The molecule has 0 aliphatic heterocycles. The van der Waals surface area contributed by atoms with Crippen molar-refractivity contribution in [3.8, 4) is 0 Å². The molecular weight excluding hydrogens is 204 g/mol. The molecule has 0 heterocycles. The monoisotopic (exact) mass is 225 g/mol. The molecule has 0 bridgehead atoms. The van der Waals surface area contributed by atoms with Crippen LogP contribution in [0, 0.1) is 0 Å². The van der Waals surface area contributed by atoms with Crippen LogP contribution in [0.4, 0.5) is 8.78 Å². The van der Waals surface area contributed by atoms with Gasteiger partial charge in [-0.3, -0.25) is 0 Å². The third-order valence-electron chi connectivity index (χ3n) is 2.29. The van der Waals surface area contributed by atoms with E-state index < -0.39 is 19.1 Å². The van der Waals surface area contributed by atoms with Gasteiger partial charge in [-0.1, -0.05) is 0 Å². The highest BCUT2D eigenvalue weighted by molar-refractivity contribution is 4.77. The Balaban J connectivity index is 3.90. The van der Waals surface area contributed by atoms with E-state index in [4.69, 9.17) is 9.84 Å². The summed E-state index contributed by atoms with van der Waals surface area (Å²) < 4.78 is 30.6. The summed E-state index contributed by atoms with van der Waals surface area (Å²) in [7, 11) is 1.59. The van der Waals surface area contributed by atoms with Crippen LogP contribution < -0.4 is 5.32 Å². The fourth-order valence-corrected chi connectivity index (χ4v) is 1.27. The molecule has 1 atom stereocenters. The summed E-state index contributed by atoms with van der Waals surface area (Å²) in [6.07, 6.45) is 0.630. The van der Waals surface area contributed by atoms with Gasteiger partial charge in [0.2, 0.25) is 0 Å². The zero-order chi connectivity index (χ0) is 12.1. The van der Waals surface area contributed by atoms with Gasteiger partial charge in [-0.15, -0.1) is 0 Å². The van der Waals surface area contributed by atoms with Gasteiger partial charge in [-0.2, -0.15) is 0 Å². The Labute approximate surface area is 89.8 Å². The van der Waals surface area contributed by atoms with E-state index in [0.717, 1.165) is 0 Å². The third kappa shape index (κ3) is 6.76. The van der Waals surface area contributed by atoms with Crippen molar-refractivity contribution in [3.63, 3.8) is 0 Å². The smallest absolute Gasteiger partial charge is 0.282 e. The van der Waals surface area contributed by atoms with E-state index in [1.165, 1.54) is 0 Å². The SMILES string of the molecule is COC(C)(C)CC(C)NCC(F)(F)CO. The van der Waals surface area contributed by atoms with E-state index in [2.05, 4.69) is 5.32 Å². The lowest BCUT2D eigenvalue weighted by Crippen LogP contribution is -2.43. The summed E-state index contributed by atoms with van der Waals surface area (Å²) >= 11 is 0. The van der Waals surface area contributed by atoms with E-state index in [-0.39, 0.29) is 11.6 Å². The predicted molar refractivity (Wildman–Crippen MR) is 55.2 cm³/mol. The Bertz CT molecular complexity index is 186. The summed E-state index contributed by atoms with van der Waals surface area (Å²) in [6.45, 7) is 3.98. The summed E-state index contributed by atoms with van der Waals surface area (Å²) in [4.78, 5) is 0. The van der Waals surface area contributed by atoms with Gasteiger partial charge in [0.15, 0.2) is 0 Å². The number of hydrogen-bond acceptors (Lipinski definition) is 3. The minimum absolute atomic E-state index is 0.0858. The Morgan fingerprint density at radius 3 is 2.33 bits per heavy atom. The molecule has 5 heteroatoms. The van der Waals surface area contributed by atoms with Crippen LogP contribution in [0.15, 0.2) is 0 Å². The number of aliphatic hydroxyl groups is 1. The van der Waals surface area contributed by atoms with Crippen LogP contribution in [0.25, 0.3) is 0 Å². The lowest BCUT2D eigenvalue weighted by Gasteiger charge is -2.28. The summed E-state index contributed by atoms with van der Waals surface area (Å²) in [5, 5.41) is 11.0. The zero-order valence-corrected chi connectivity index (χ0v) is 9.81. The van der Waals surface area contributed by atoms with Crippen molar-refractivity contribution in [2.45, 2.75) is 44.8 Å². The molecule has 92 valence electrons. The molecule has 0 saturated heterocycles. The first-order chi connectivity index (χ1) is 6.72. The lowest BCUT2D eigenvalue weighted by molar-refractivity contribution is -0.0519. The van der Waals surface area contributed by atoms with Crippen molar-refractivity contribution in [3.05, 3.63) is 0 Å². The van der Waals surface area contributed by atoms with Gasteiger partial charge < -0.3 is 15.2 Å². The van der Waals surface area contributed by atoms with Gasteiger partial charge in [0.25, 0.3) is 5.92 Å². The molecule has 2 N–H and O–H groups in total. The Morgan fingerprint density at radius 2 is 1.93 bits per heavy atom.